The van der Waals surface area contributed by atoms with Crippen molar-refractivity contribution in [2.75, 3.05) is 32.0 Å². The molecule has 0 aliphatic carbocycles. The summed E-state index contributed by atoms with van der Waals surface area (Å²) in [5.74, 6) is 0.455. The molecule has 2 rings (SSSR count). The Labute approximate surface area is 125 Å². The van der Waals surface area contributed by atoms with Crippen LogP contribution in [0.2, 0.25) is 0 Å². The van der Waals surface area contributed by atoms with Gasteiger partial charge in [0.1, 0.15) is 10.8 Å². The lowest BCUT2D eigenvalue weighted by molar-refractivity contribution is 0.215. The van der Waals surface area contributed by atoms with Crippen molar-refractivity contribution < 1.29 is 4.39 Å². The monoisotopic (exact) mass is 295 g/mol. The number of piperidine rings is 1. The highest BCUT2D eigenvalue weighted by Gasteiger charge is 2.16. The Balaban J connectivity index is 1.81. The van der Waals surface area contributed by atoms with Crippen LogP contribution in [0.4, 0.5) is 10.1 Å². The van der Waals surface area contributed by atoms with E-state index in [1.807, 2.05) is 0 Å². The van der Waals surface area contributed by atoms with Crippen LogP contribution >= 0.6 is 12.2 Å². The molecule has 1 saturated heterocycles. The third kappa shape index (κ3) is 4.15. The minimum absolute atomic E-state index is 0.224. The quantitative estimate of drug-likeness (QED) is 0.819. The smallest absolute Gasteiger partial charge is 0.146 e. The van der Waals surface area contributed by atoms with Crippen LogP contribution in [0.25, 0.3) is 0 Å². The molecule has 1 aromatic rings. The van der Waals surface area contributed by atoms with Crippen LogP contribution in [0.15, 0.2) is 18.2 Å². The molecule has 0 bridgehead atoms. The molecule has 3 nitrogen and oxygen atoms in total. The predicted molar refractivity (Wildman–Crippen MR) is 85.6 cm³/mol. The zero-order valence-corrected chi connectivity index (χ0v) is 12.7. The molecule has 0 amide bonds. The fourth-order valence-electron chi connectivity index (χ4n) is 2.57. The summed E-state index contributed by atoms with van der Waals surface area (Å²) in [4.78, 5) is 2.58. The number of nitrogens with two attached hydrogens (primary N) is 1. The van der Waals surface area contributed by atoms with Crippen molar-refractivity contribution in [3.05, 3.63) is 29.6 Å². The van der Waals surface area contributed by atoms with Gasteiger partial charge < -0.3 is 16.0 Å². The maximum Gasteiger partial charge on any atom is 0.146 e. The van der Waals surface area contributed by atoms with Crippen molar-refractivity contribution in [1.29, 1.82) is 0 Å². The molecular weight excluding hydrogens is 273 g/mol. The Bertz CT molecular complexity index is 470. The topological polar surface area (TPSA) is 41.3 Å². The lowest BCUT2D eigenvalue weighted by Crippen LogP contribution is -2.30. The van der Waals surface area contributed by atoms with E-state index in [9.17, 15) is 4.39 Å². The summed E-state index contributed by atoms with van der Waals surface area (Å²) in [5.41, 5.74) is 6.58. The maximum absolute atomic E-state index is 13.8. The van der Waals surface area contributed by atoms with E-state index in [4.69, 9.17) is 18.0 Å². The summed E-state index contributed by atoms with van der Waals surface area (Å²) in [7, 11) is 2.16. The molecule has 5 heteroatoms. The number of likely N-dealkylation sites (tertiary alicyclic amines) is 1. The molecule has 20 heavy (non-hydrogen) atoms. The Morgan fingerprint density at radius 1 is 1.45 bits per heavy atom. The van der Waals surface area contributed by atoms with Crippen LogP contribution in [-0.2, 0) is 0 Å². The predicted octanol–water partition coefficient (Wildman–Crippen LogP) is 2.60. The second kappa shape index (κ2) is 6.99. The highest BCUT2D eigenvalue weighted by Crippen LogP contribution is 2.21. The lowest BCUT2D eigenvalue weighted by atomic mass is 9.94. The van der Waals surface area contributed by atoms with Crippen molar-refractivity contribution in [2.24, 2.45) is 11.7 Å². The van der Waals surface area contributed by atoms with Gasteiger partial charge in [-0.15, -0.1) is 0 Å². The van der Waals surface area contributed by atoms with Crippen LogP contribution in [-0.4, -0.2) is 36.6 Å². The number of rotatable bonds is 5. The summed E-state index contributed by atoms with van der Waals surface area (Å²) in [6.45, 7) is 3.14. The number of thiocarbonyl (C=S) groups is 1. The Morgan fingerprint density at radius 2 is 2.15 bits per heavy atom. The third-order valence-corrected chi connectivity index (χ3v) is 4.20. The number of nitrogens with one attached hydrogen (secondary N) is 1. The third-order valence-electron chi connectivity index (χ3n) is 3.96. The van der Waals surface area contributed by atoms with Gasteiger partial charge in [-0.1, -0.05) is 12.2 Å². The zero-order valence-electron chi connectivity index (χ0n) is 11.9. The van der Waals surface area contributed by atoms with Crippen molar-refractivity contribution in [3.8, 4) is 0 Å². The van der Waals surface area contributed by atoms with Gasteiger partial charge in [-0.2, -0.15) is 0 Å². The van der Waals surface area contributed by atoms with Gasteiger partial charge in [0, 0.05) is 12.1 Å². The van der Waals surface area contributed by atoms with Gasteiger partial charge in [-0.05, 0) is 63.5 Å². The van der Waals surface area contributed by atoms with Crippen LogP contribution in [0.3, 0.4) is 0 Å². The molecule has 1 fully saturated rings. The Kier molecular flexibility index (Phi) is 5.31. The molecule has 110 valence electrons. The van der Waals surface area contributed by atoms with Crippen molar-refractivity contribution >= 4 is 22.9 Å². The summed E-state index contributed by atoms with van der Waals surface area (Å²) < 4.78 is 13.8. The van der Waals surface area contributed by atoms with Gasteiger partial charge in [-0.25, -0.2) is 4.39 Å². The van der Waals surface area contributed by atoms with Crippen LogP contribution in [0.1, 0.15) is 24.8 Å². The summed E-state index contributed by atoms with van der Waals surface area (Å²) in [6.07, 6.45) is 3.56. The second-order valence-corrected chi connectivity index (χ2v) is 5.96. The first-order chi connectivity index (χ1) is 9.56. The van der Waals surface area contributed by atoms with E-state index >= 15 is 0 Å². The minimum atomic E-state index is -0.293. The van der Waals surface area contributed by atoms with Crippen molar-refractivity contribution in [2.45, 2.75) is 19.3 Å². The summed E-state index contributed by atoms with van der Waals surface area (Å²) >= 11 is 4.83. The van der Waals surface area contributed by atoms with E-state index in [-0.39, 0.29) is 10.8 Å². The fraction of sp³-hybridized carbons (Fsp3) is 0.533. The van der Waals surface area contributed by atoms with E-state index in [0.29, 0.717) is 11.3 Å². The zero-order chi connectivity index (χ0) is 14.5. The highest BCUT2D eigenvalue weighted by molar-refractivity contribution is 7.80. The normalized spacial score (nSPS) is 17.1. The minimum Gasteiger partial charge on any atom is -0.389 e. The molecule has 0 aromatic heterocycles. The first-order valence-electron chi connectivity index (χ1n) is 7.08. The summed E-state index contributed by atoms with van der Waals surface area (Å²) in [5, 5.41) is 3.16. The number of hydrogen-bond donors (Lipinski definition) is 2. The van der Waals surface area contributed by atoms with Gasteiger partial charge in [0.25, 0.3) is 0 Å². The van der Waals surface area contributed by atoms with E-state index in [2.05, 4.69) is 17.3 Å². The average molecular weight is 295 g/mol. The number of benzene rings is 1. The molecular formula is C15H22FN3S. The molecule has 0 spiro atoms. The molecule has 1 aromatic carbocycles. The van der Waals surface area contributed by atoms with Gasteiger partial charge in [0.15, 0.2) is 0 Å². The molecule has 1 heterocycles. The highest BCUT2D eigenvalue weighted by atomic mass is 32.1. The second-order valence-electron chi connectivity index (χ2n) is 5.52. The molecule has 0 atom stereocenters. The van der Waals surface area contributed by atoms with Gasteiger partial charge in [0.05, 0.1) is 5.69 Å². The lowest BCUT2D eigenvalue weighted by Gasteiger charge is -2.29. The number of nitrogens with zero attached hydrogens (tertiary/aromatic N) is 1. The molecule has 3 N–H and O–H groups in total. The first kappa shape index (κ1) is 15.2. The maximum atomic E-state index is 13.8. The van der Waals surface area contributed by atoms with Gasteiger partial charge in [-0.3, -0.25) is 0 Å². The molecule has 0 radical (unpaired) electrons. The van der Waals surface area contributed by atoms with E-state index in [1.165, 1.54) is 32.0 Å². The van der Waals surface area contributed by atoms with E-state index in [0.717, 1.165) is 18.9 Å². The molecule has 0 unspecified atom stereocenters. The Hall–Kier alpha value is -1.20. The Morgan fingerprint density at radius 3 is 2.75 bits per heavy atom. The number of halogens is 1. The molecule has 1 aliphatic heterocycles. The molecule has 1 aliphatic rings. The van der Waals surface area contributed by atoms with E-state index in [1.54, 1.807) is 12.1 Å². The summed E-state index contributed by atoms with van der Waals surface area (Å²) in [6, 6.07) is 4.85. The van der Waals surface area contributed by atoms with Gasteiger partial charge in [0.2, 0.25) is 0 Å². The number of hydrogen-bond acceptors (Lipinski definition) is 3. The molecule has 0 saturated carbocycles. The van der Waals surface area contributed by atoms with Gasteiger partial charge >= 0.3 is 0 Å². The van der Waals surface area contributed by atoms with Crippen molar-refractivity contribution in [1.82, 2.24) is 4.90 Å². The van der Waals surface area contributed by atoms with Crippen LogP contribution < -0.4 is 11.1 Å². The average Bonchev–Trinajstić information content (AvgIpc) is 2.42. The fourth-order valence-corrected chi connectivity index (χ4v) is 2.70. The first-order valence-corrected chi connectivity index (χ1v) is 7.49. The number of anilines is 1. The van der Waals surface area contributed by atoms with Crippen LogP contribution in [0.5, 0.6) is 0 Å². The van der Waals surface area contributed by atoms with Crippen molar-refractivity contribution in [3.63, 3.8) is 0 Å². The van der Waals surface area contributed by atoms with Crippen LogP contribution in [0, 0.1) is 11.7 Å². The van der Waals surface area contributed by atoms with E-state index < -0.39 is 0 Å². The largest absolute Gasteiger partial charge is 0.389 e. The standard InChI is InChI=1S/C15H22FN3S/c1-19-8-5-11(6-9-19)4-7-18-14-3-2-12(15(17)20)10-13(14)16/h2-3,10-11,18H,4-9H2,1H3,(H2,17,20). The SMILES string of the molecule is CN1CCC(CCNc2ccc(C(N)=S)cc2F)CC1.